The lowest BCUT2D eigenvalue weighted by molar-refractivity contribution is 0.324. The minimum absolute atomic E-state index is 1.12. The molecule has 0 amide bonds. The summed E-state index contributed by atoms with van der Waals surface area (Å²) >= 11 is 0. The number of hydrogen-bond acceptors (Lipinski definition) is 2. The summed E-state index contributed by atoms with van der Waals surface area (Å²) in [6.07, 6.45) is 20.4. The van der Waals surface area contributed by atoms with E-state index in [1.54, 1.807) is 0 Å². The Kier molecular flexibility index (Phi) is 13.4. The predicted molar refractivity (Wildman–Crippen MR) is 94.8 cm³/mol. The SMILES string of the molecule is CCCCCCCCCCCCCCCCN1CCNC1. The van der Waals surface area contributed by atoms with E-state index in [9.17, 15) is 0 Å². The maximum absolute atomic E-state index is 3.40. The lowest BCUT2D eigenvalue weighted by atomic mass is 10.0. The molecule has 1 aliphatic rings. The number of rotatable bonds is 15. The molecule has 2 nitrogen and oxygen atoms in total. The van der Waals surface area contributed by atoms with Crippen LogP contribution in [0.1, 0.15) is 96.8 Å². The van der Waals surface area contributed by atoms with Gasteiger partial charge in [0, 0.05) is 19.8 Å². The first kappa shape index (κ1) is 19.0. The van der Waals surface area contributed by atoms with Crippen molar-refractivity contribution in [3.63, 3.8) is 0 Å². The van der Waals surface area contributed by atoms with E-state index in [0.29, 0.717) is 0 Å². The molecule has 1 aliphatic heterocycles. The standard InChI is InChI=1S/C19H40N2/c1-2-3-4-5-6-7-8-9-10-11-12-13-14-15-17-21-18-16-20-19-21/h20H,2-19H2,1H3. The second kappa shape index (κ2) is 14.8. The maximum Gasteiger partial charge on any atom is 0.0481 e. The number of hydrogen-bond donors (Lipinski definition) is 1. The summed E-state index contributed by atoms with van der Waals surface area (Å²) in [4.78, 5) is 2.54. The van der Waals surface area contributed by atoms with Gasteiger partial charge in [-0.05, 0) is 13.0 Å². The fourth-order valence-electron chi connectivity index (χ4n) is 3.27. The van der Waals surface area contributed by atoms with E-state index >= 15 is 0 Å². The first-order valence-corrected chi connectivity index (χ1v) is 9.86. The molecular formula is C19H40N2. The Hall–Kier alpha value is -0.0800. The average molecular weight is 297 g/mol. The van der Waals surface area contributed by atoms with Gasteiger partial charge in [-0.2, -0.15) is 0 Å². The first-order valence-electron chi connectivity index (χ1n) is 9.86. The van der Waals surface area contributed by atoms with Crippen molar-refractivity contribution < 1.29 is 0 Å². The summed E-state index contributed by atoms with van der Waals surface area (Å²) in [7, 11) is 0. The molecule has 1 fully saturated rings. The second-order valence-corrected chi connectivity index (χ2v) is 6.87. The van der Waals surface area contributed by atoms with Crippen molar-refractivity contribution in [3.05, 3.63) is 0 Å². The summed E-state index contributed by atoms with van der Waals surface area (Å²) in [5, 5.41) is 3.40. The van der Waals surface area contributed by atoms with Crippen molar-refractivity contribution in [1.29, 1.82) is 0 Å². The zero-order valence-corrected chi connectivity index (χ0v) is 14.7. The Morgan fingerprint density at radius 2 is 1.14 bits per heavy atom. The van der Waals surface area contributed by atoms with Gasteiger partial charge in [0.1, 0.15) is 0 Å². The molecule has 21 heavy (non-hydrogen) atoms. The zero-order chi connectivity index (χ0) is 15.0. The summed E-state index contributed by atoms with van der Waals surface area (Å²) in [6.45, 7) is 7.18. The van der Waals surface area contributed by atoms with Gasteiger partial charge in [0.2, 0.25) is 0 Å². The van der Waals surface area contributed by atoms with E-state index in [0.717, 1.165) is 6.67 Å². The predicted octanol–water partition coefficient (Wildman–Crippen LogP) is 5.33. The molecule has 126 valence electrons. The van der Waals surface area contributed by atoms with E-state index in [-0.39, 0.29) is 0 Å². The van der Waals surface area contributed by atoms with Gasteiger partial charge >= 0.3 is 0 Å². The molecule has 2 heteroatoms. The van der Waals surface area contributed by atoms with E-state index < -0.39 is 0 Å². The summed E-state index contributed by atoms with van der Waals surface area (Å²) in [6, 6.07) is 0. The van der Waals surface area contributed by atoms with E-state index in [1.807, 2.05) is 0 Å². The zero-order valence-electron chi connectivity index (χ0n) is 14.7. The third-order valence-corrected chi connectivity index (χ3v) is 4.77. The van der Waals surface area contributed by atoms with Gasteiger partial charge in [-0.25, -0.2) is 0 Å². The van der Waals surface area contributed by atoms with Crippen molar-refractivity contribution in [2.45, 2.75) is 96.8 Å². The first-order chi connectivity index (χ1) is 10.4. The molecule has 1 rings (SSSR count). The van der Waals surface area contributed by atoms with Gasteiger partial charge in [0.25, 0.3) is 0 Å². The molecule has 0 bridgehead atoms. The van der Waals surface area contributed by atoms with Gasteiger partial charge in [-0.1, -0.05) is 90.4 Å². The highest BCUT2D eigenvalue weighted by molar-refractivity contribution is 4.65. The van der Waals surface area contributed by atoms with Gasteiger partial charge in [0.05, 0.1) is 0 Å². The maximum atomic E-state index is 3.40. The van der Waals surface area contributed by atoms with Gasteiger partial charge < -0.3 is 5.32 Å². The molecule has 0 saturated carbocycles. The van der Waals surface area contributed by atoms with Crippen molar-refractivity contribution in [3.8, 4) is 0 Å². The highest BCUT2D eigenvalue weighted by Gasteiger charge is 2.08. The number of nitrogens with one attached hydrogen (secondary N) is 1. The molecular weight excluding hydrogens is 256 g/mol. The van der Waals surface area contributed by atoms with Crippen LogP contribution in [0, 0.1) is 0 Å². The molecule has 0 aromatic rings. The highest BCUT2D eigenvalue weighted by Crippen LogP contribution is 2.13. The fraction of sp³-hybridized carbons (Fsp3) is 1.00. The Balaban J connectivity index is 1.65. The second-order valence-electron chi connectivity index (χ2n) is 6.87. The third kappa shape index (κ3) is 12.2. The van der Waals surface area contributed by atoms with E-state index in [4.69, 9.17) is 0 Å². The average Bonchev–Trinajstić information content (AvgIpc) is 3.01. The summed E-state index contributed by atoms with van der Waals surface area (Å²) < 4.78 is 0. The fourth-order valence-corrected chi connectivity index (χ4v) is 3.27. The molecule has 0 radical (unpaired) electrons. The molecule has 1 saturated heterocycles. The lowest BCUT2D eigenvalue weighted by Crippen LogP contribution is -2.22. The molecule has 0 atom stereocenters. The number of unbranched alkanes of at least 4 members (excludes halogenated alkanes) is 13. The Labute approximate surface area is 134 Å². The lowest BCUT2D eigenvalue weighted by Gasteiger charge is -2.12. The van der Waals surface area contributed by atoms with Crippen molar-refractivity contribution in [2.75, 3.05) is 26.3 Å². The van der Waals surface area contributed by atoms with Crippen LogP contribution in [0.25, 0.3) is 0 Å². The topological polar surface area (TPSA) is 15.3 Å². The molecule has 0 spiro atoms. The quantitative estimate of drug-likeness (QED) is 0.411. The summed E-state index contributed by atoms with van der Waals surface area (Å²) in [5.74, 6) is 0. The molecule has 0 aromatic carbocycles. The van der Waals surface area contributed by atoms with E-state index in [2.05, 4.69) is 17.1 Å². The van der Waals surface area contributed by atoms with Crippen LogP contribution >= 0.6 is 0 Å². The van der Waals surface area contributed by atoms with Crippen LogP contribution in [0.3, 0.4) is 0 Å². The van der Waals surface area contributed by atoms with Gasteiger partial charge in [0.15, 0.2) is 0 Å². The van der Waals surface area contributed by atoms with Crippen molar-refractivity contribution in [1.82, 2.24) is 10.2 Å². The van der Waals surface area contributed by atoms with Crippen molar-refractivity contribution in [2.24, 2.45) is 0 Å². The highest BCUT2D eigenvalue weighted by atomic mass is 15.3. The molecule has 1 heterocycles. The smallest absolute Gasteiger partial charge is 0.0481 e. The molecule has 0 aliphatic carbocycles. The molecule has 1 N–H and O–H groups in total. The molecule has 0 aromatic heterocycles. The van der Waals surface area contributed by atoms with E-state index in [1.165, 1.54) is 110 Å². The number of nitrogens with zero attached hydrogens (tertiary/aromatic N) is 1. The van der Waals surface area contributed by atoms with Crippen LogP contribution in [0.4, 0.5) is 0 Å². The minimum atomic E-state index is 1.12. The van der Waals surface area contributed by atoms with Crippen LogP contribution in [0.5, 0.6) is 0 Å². The largest absolute Gasteiger partial charge is 0.303 e. The van der Waals surface area contributed by atoms with Crippen molar-refractivity contribution >= 4 is 0 Å². The normalized spacial score (nSPS) is 15.9. The Bertz CT molecular complexity index is 200. The van der Waals surface area contributed by atoms with Crippen LogP contribution in [-0.2, 0) is 0 Å². The Morgan fingerprint density at radius 3 is 1.57 bits per heavy atom. The van der Waals surface area contributed by atoms with Crippen LogP contribution in [-0.4, -0.2) is 31.2 Å². The van der Waals surface area contributed by atoms with Crippen LogP contribution < -0.4 is 5.32 Å². The molecule has 0 unspecified atom stereocenters. The van der Waals surface area contributed by atoms with Crippen LogP contribution in [0.2, 0.25) is 0 Å². The third-order valence-electron chi connectivity index (χ3n) is 4.77. The monoisotopic (exact) mass is 296 g/mol. The minimum Gasteiger partial charge on any atom is -0.303 e. The van der Waals surface area contributed by atoms with Gasteiger partial charge in [-0.3, -0.25) is 4.90 Å². The van der Waals surface area contributed by atoms with Gasteiger partial charge in [-0.15, -0.1) is 0 Å². The Morgan fingerprint density at radius 1 is 0.667 bits per heavy atom. The summed E-state index contributed by atoms with van der Waals surface area (Å²) in [5.41, 5.74) is 0. The van der Waals surface area contributed by atoms with Crippen LogP contribution in [0.15, 0.2) is 0 Å².